The topological polar surface area (TPSA) is 54.2 Å². The highest BCUT2D eigenvalue weighted by molar-refractivity contribution is 14.0. The van der Waals surface area contributed by atoms with Gasteiger partial charge in [-0.3, -0.25) is 4.68 Å². The van der Waals surface area contributed by atoms with Crippen molar-refractivity contribution in [3.63, 3.8) is 0 Å². The highest BCUT2D eigenvalue weighted by atomic mass is 127. The number of halogens is 1. The van der Waals surface area contributed by atoms with Gasteiger partial charge < -0.3 is 10.6 Å². The highest BCUT2D eigenvalue weighted by Crippen LogP contribution is 2.16. The highest BCUT2D eigenvalue weighted by Gasteiger charge is 2.14. The summed E-state index contributed by atoms with van der Waals surface area (Å²) in [4.78, 5) is 7.33. The minimum Gasteiger partial charge on any atom is -0.357 e. The molecule has 2 heterocycles. The van der Waals surface area contributed by atoms with Crippen LogP contribution in [0.25, 0.3) is 0 Å². The molecule has 2 rings (SSSR count). The molecule has 0 aromatic carbocycles. The van der Waals surface area contributed by atoms with Crippen LogP contribution >= 0.6 is 35.3 Å². The van der Waals surface area contributed by atoms with Gasteiger partial charge in [0.1, 0.15) is 0 Å². The Morgan fingerprint density at radius 3 is 2.56 bits per heavy atom. The first kappa shape index (κ1) is 22.0. The van der Waals surface area contributed by atoms with Gasteiger partial charge in [-0.05, 0) is 58.7 Å². The van der Waals surface area contributed by atoms with Crippen molar-refractivity contribution < 1.29 is 0 Å². The van der Waals surface area contributed by atoms with Crippen molar-refractivity contribution in [1.82, 2.24) is 20.4 Å². The van der Waals surface area contributed by atoms with Crippen LogP contribution in [-0.2, 0) is 20.0 Å². The molecule has 1 unspecified atom stereocenters. The molecule has 25 heavy (non-hydrogen) atoms. The van der Waals surface area contributed by atoms with Crippen molar-refractivity contribution in [3.05, 3.63) is 38.8 Å². The predicted octanol–water partition coefficient (Wildman–Crippen LogP) is 3.71. The number of hydrogen-bond acceptors (Lipinski definition) is 3. The summed E-state index contributed by atoms with van der Waals surface area (Å²) in [5, 5.41) is 11.3. The Morgan fingerprint density at radius 1 is 1.32 bits per heavy atom. The van der Waals surface area contributed by atoms with E-state index in [2.05, 4.69) is 62.5 Å². The van der Waals surface area contributed by atoms with E-state index < -0.39 is 0 Å². The minimum atomic E-state index is 0. The lowest BCUT2D eigenvalue weighted by Gasteiger charge is -2.18. The fourth-order valence-electron chi connectivity index (χ4n) is 2.75. The largest absolute Gasteiger partial charge is 0.357 e. The van der Waals surface area contributed by atoms with E-state index in [9.17, 15) is 0 Å². The van der Waals surface area contributed by atoms with Crippen LogP contribution in [0.4, 0.5) is 0 Å². The number of rotatable bonds is 6. The van der Waals surface area contributed by atoms with E-state index in [-0.39, 0.29) is 30.0 Å². The Hall–Kier alpha value is -1.09. The third-order valence-electron chi connectivity index (χ3n) is 4.09. The number of nitrogens with one attached hydrogen (secondary N) is 2. The van der Waals surface area contributed by atoms with Crippen LogP contribution in [-0.4, -0.2) is 28.3 Å². The van der Waals surface area contributed by atoms with Gasteiger partial charge >= 0.3 is 0 Å². The normalized spacial score (nSPS) is 12.6. The first-order valence-electron chi connectivity index (χ1n) is 8.50. The van der Waals surface area contributed by atoms with Gasteiger partial charge in [0, 0.05) is 35.1 Å². The summed E-state index contributed by atoms with van der Waals surface area (Å²) in [5.41, 5.74) is 3.67. The van der Waals surface area contributed by atoms with Gasteiger partial charge in [-0.25, -0.2) is 4.99 Å². The van der Waals surface area contributed by atoms with Gasteiger partial charge in [-0.1, -0.05) is 0 Å². The van der Waals surface area contributed by atoms with E-state index in [0.29, 0.717) is 6.54 Å². The van der Waals surface area contributed by atoms with Crippen LogP contribution < -0.4 is 10.6 Å². The average molecular weight is 475 g/mol. The second kappa shape index (κ2) is 10.2. The Morgan fingerprint density at radius 2 is 2.04 bits per heavy atom. The van der Waals surface area contributed by atoms with Crippen LogP contribution in [0.1, 0.15) is 40.6 Å². The van der Waals surface area contributed by atoms with E-state index >= 15 is 0 Å². The molecular formula is C18H30IN5S. The number of aromatic nitrogens is 2. The van der Waals surface area contributed by atoms with Crippen molar-refractivity contribution in [2.45, 2.75) is 53.6 Å². The maximum Gasteiger partial charge on any atom is 0.191 e. The first-order chi connectivity index (χ1) is 11.4. The summed E-state index contributed by atoms with van der Waals surface area (Å²) < 4.78 is 1.95. The molecule has 0 aliphatic rings. The van der Waals surface area contributed by atoms with E-state index in [0.717, 1.165) is 24.6 Å². The lowest BCUT2D eigenvalue weighted by molar-refractivity contribution is 0.636. The van der Waals surface area contributed by atoms with Gasteiger partial charge in [0.2, 0.25) is 0 Å². The maximum absolute atomic E-state index is 4.71. The quantitative estimate of drug-likeness (QED) is 0.381. The van der Waals surface area contributed by atoms with Crippen LogP contribution in [0.5, 0.6) is 0 Å². The zero-order valence-electron chi connectivity index (χ0n) is 16.0. The molecule has 7 heteroatoms. The first-order valence-corrected chi connectivity index (χ1v) is 9.31. The van der Waals surface area contributed by atoms with Crippen LogP contribution in [0.3, 0.4) is 0 Å². The van der Waals surface area contributed by atoms with Gasteiger partial charge in [0.25, 0.3) is 0 Å². The smallest absolute Gasteiger partial charge is 0.191 e. The lowest BCUT2D eigenvalue weighted by Crippen LogP contribution is -2.43. The Balaban J connectivity index is 0.00000312. The number of aryl methyl sites for hydroxylation is 3. The Kier molecular flexibility index (Phi) is 8.92. The van der Waals surface area contributed by atoms with Gasteiger partial charge in [-0.15, -0.1) is 35.3 Å². The maximum atomic E-state index is 4.71. The van der Waals surface area contributed by atoms with Crippen LogP contribution in [0, 0.1) is 20.8 Å². The summed E-state index contributed by atoms with van der Waals surface area (Å²) in [5.74, 6) is 0.871. The molecular weight excluding hydrogens is 445 g/mol. The zero-order valence-corrected chi connectivity index (χ0v) is 19.2. The van der Waals surface area contributed by atoms with Crippen LogP contribution in [0.2, 0.25) is 0 Å². The summed E-state index contributed by atoms with van der Waals surface area (Å²) >= 11 is 1.80. The van der Waals surface area contributed by atoms with Gasteiger partial charge in [-0.2, -0.15) is 5.10 Å². The molecule has 0 amide bonds. The second-order valence-corrected chi connectivity index (χ2v) is 7.60. The van der Waals surface area contributed by atoms with E-state index in [1.165, 1.54) is 21.0 Å². The monoisotopic (exact) mass is 475 g/mol. The molecule has 1 atom stereocenters. The fourth-order valence-corrected chi connectivity index (χ4v) is 3.57. The molecule has 0 radical (unpaired) electrons. The molecule has 5 nitrogen and oxygen atoms in total. The van der Waals surface area contributed by atoms with E-state index in [1.807, 2.05) is 11.7 Å². The Labute approximate surface area is 172 Å². The third kappa shape index (κ3) is 6.29. The van der Waals surface area contributed by atoms with Crippen molar-refractivity contribution in [3.8, 4) is 0 Å². The van der Waals surface area contributed by atoms with Crippen molar-refractivity contribution in [1.29, 1.82) is 0 Å². The van der Waals surface area contributed by atoms with Crippen molar-refractivity contribution in [2.75, 3.05) is 6.54 Å². The van der Waals surface area contributed by atoms with E-state index in [1.54, 1.807) is 11.3 Å². The molecule has 0 spiro atoms. The van der Waals surface area contributed by atoms with Gasteiger partial charge in [0.05, 0.1) is 12.2 Å². The molecule has 2 aromatic rings. The fraction of sp³-hybridized carbons (Fsp3) is 0.556. The molecule has 0 fully saturated rings. The lowest BCUT2D eigenvalue weighted by atomic mass is 10.1. The summed E-state index contributed by atoms with van der Waals surface area (Å²) in [6.45, 7) is 12.2. The predicted molar refractivity (Wildman–Crippen MR) is 118 cm³/mol. The number of hydrogen-bond donors (Lipinski definition) is 2. The van der Waals surface area contributed by atoms with Crippen molar-refractivity contribution in [2.24, 2.45) is 12.0 Å². The average Bonchev–Trinajstić information content (AvgIpc) is 3.04. The third-order valence-corrected chi connectivity index (χ3v) is 5.07. The number of guanidine groups is 1. The Bertz CT molecular complexity index is 704. The van der Waals surface area contributed by atoms with E-state index in [4.69, 9.17) is 4.99 Å². The molecule has 2 aromatic heterocycles. The minimum absolute atomic E-state index is 0. The second-order valence-electron chi connectivity index (χ2n) is 6.23. The summed E-state index contributed by atoms with van der Waals surface area (Å²) in [7, 11) is 2.00. The number of aliphatic imine (C=N–C) groups is 1. The molecule has 2 N–H and O–H groups in total. The summed E-state index contributed by atoms with van der Waals surface area (Å²) in [6, 6.07) is 4.58. The zero-order chi connectivity index (χ0) is 17.7. The molecule has 0 saturated heterocycles. The molecule has 0 aliphatic carbocycles. The molecule has 0 saturated carbocycles. The standard InChI is InChI=1S/C18H29N5S.HI/c1-7-19-18(20-11-16-9-8-13(3)24-16)21-12(2)10-17-14(4)22-23(6)15(17)5;/h8-9,12H,7,10-11H2,1-6H3,(H2,19,20,21);1H. The molecule has 140 valence electrons. The number of thiophene rings is 1. The number of nitrogens with zero attached hydrogens (tertiary/aromatic N) is 3. The SMILES string of the molecule is CCNC(=NCc1ccc(C)s1)NC(C)Cc1c(C)nn(C)c1C.I. The summed E-state index contributed by atoms with van der Waals surface area (Å²) in [6.07, 6.45) is 0.939. The molecule has 0 aliphatic heterocycles. The molecule has 0 bridgehead atoms. The van der Waals surface area contributed by atoms with Crippen molar-refractivity contribution >= 4 is 41.3 Å². The van der Waals surface area contributed by atoms with Crippen LogP contribution in [0.15, 0.2) is 17.1 Å². The van der Waals surface area contributed by atoms with Gasteiger partial charge in [0.15, 0.2) is 5.96 Å².